The van der Waals surface area contributed by atoms with Crippen LogP contribution in [0.1, 0.15) is 29.2 Å². The van der Waals surface area contributed by atoms with E-state index in [0.717, 1.165) is 35.2 Å². The number of aryl methyl sites for hydroxylation is 1. The minimum atomic E-state index is -0.242. The monoisotopic (exact) mass is 349 g/mol. The van der Waals surface area contributed by atoms with Crippen LogP contribution in [0.2, 0.25) is 0 Å². The first-order chi connectivity index (χ1) is 10.2. The molecule has 0 saturated heterocycles. The highest BCUT2D eigenvalue weighted by Gasteiger charge is 2.24. The van der Waals surface area contributed by atoms with E-state index in [9.17, 15) is 4.39 Å². The second-order valence-corrected chi connectivity index (χ2v) is 6.00. The Kier molecular flexibility index (Phi) is 4.27. The average Bonchev–Trinajstić information content (AvgIpc) is 2.51. The Labute approximate surface area is 132 Å². The average molecular weight is 350 g/mol. The minimum absolute atomic E-state index is 0.225. The fraction of sp³-hybridized carbons (Fsp3) is 0.294. The lowest BCUT2D eigenvalue weighted by Crippen LogP contribution is -2.22. The lowest BCUT2D eigenvalue weighted by molar-refractivity contribution is 0.283. The van der Waals surface area contributed by atoms with Crippen molar-refractivity contribution in [2.45, 2.75) is 18.9 Å². The maximum atomic E-state index is 14.3. The predicted molar refractivity (Wildman–Crippen MR) is 85.3 cm³/mol. The van der Waals surface area contributed by atoms with Crippen LogP contribution in [0, 0.1) is 5.82 Å². The molecule has 1 atom stereocenters. The number of halogens is 2. The van der Waals surface area contributed by atoms with Crippen molar-refractivity contribution in [1.82, 2.24) is 5.32 Å². The van der Waals surface area contributed by atoms with Gasteiger partial charge in [-0.2, -0.15) is 0 Å². The van der Waals surface area contributed by atoms with Gasteiger partial charge in [0.2, 0.25) is 0 Å². The number of fused-ring (bicyclic) bond motifs is 1. The first kappa shape index (κ1) is 14.5. The number of benzene rings is 2. The summed E-state index contributed by atoms with van der Waals surface area (Å²) in [4.78, 5) is 0. The molecular weight excluding hydrogens is 333 g/mol. The highest BCUT2D eigenvalue weighted by molar-refractivity contribution is 9.10. The lowest BCUT2D eigenvalue weighted by Gasteiger charge is -2.26. The maximum Gasteiger partial charge on any atom is 0.129 e. The Morgan fingerprint density at radius 1 is 1.24 bits per heavy atom. The van der Waals surface area contributed by atoms with Gasteiger partial charge in [-0.15, -0.1) is 0 Å². The largest absolute Gasteiger partial charge is 0.493 e. The third kappa shape index (κ3) is 2.70. The lowest BCUT2D eigenvalue weighted by atomic mass is 9.93. The smallest absolute Gasteiger partial charge is 0.129 e. The van der Waals surface area contributed by atoms with Crippen LogP contribution in [0.4, 0.5) is 4.39 Å². The molecule has 4 heteroatoms. The zero-order valence-electron chi connectivity index (χ0n) is 11.8. The van der Waals surface area contributed by atoms with Gasteiger partial charge in [0.05, 0.1) is 12.6 Å². The quantitative estimate of drug-likeness (QED) is 0.895. The molecule has 1 aliphatic rings. The molecule has 0 amide bonds. The molecule has 0 spiro atoms. The second-order valence-electron chi connectivity index (χ2n) is 5.14. The molecule has 1 heterocycles. The molecular formula is C17H17BrFNO. The van der Waals surface area contributed by atoms with Gasteiger partial charge in [-0.1, -0.05) is 40.2 Å². The number of nitrogens with one attached hydrogen (secondary N) is 1. The van der Waals surface area contributed by atoms with Crippen LogP contribution in [0.15, 0.2) is 40.9 Å². The van der Waals surface area contributed by atoms with Gasteiger partial charge in [-0.3, -0.25) is 0 Å². The third-order valence-corrected chi connectivity index (χ3v) is 4.54. The van der Waals surface area contributed by atoms with E-state index in [1.807, 2.05) is 25.2 Å². The summed E-state index contributed by atoms with van der Waals surface area (Å²) in [6.07, 6.45) is 2.04. The van der Waals surface area contributed by atoms with Crippen LogP contribution in [0.5, 0.6) is 5.75 Å². The number of hydrogen-bond donors (Lipinski definition) is 1. The zero-order chi connectivity index (χ0) is 14.8. The van der Waals surface area contributed by atoms with Crippen LogP contribution in [0.3, 0.4) is 0 Å². The van der Waals surface area contributed by atoms with Crippen molar-refractivity contribution in [3.05, 3.63) is 63.4 Å². The van der Waals surface area contributed by atoms with Crippen LogP contribution in [0.25, 0.3) is 0 Å². The molecule has 0 fully saturated rings. The van der Waals surface area contributed by atoms with Gasteiger partial charge in [-0.25, -0.2) is 4.39 Å². The van der Waals surface area contributed by atoms with E-state index in [4.69, 9.17) is 4.74 Å². The van der Waals surface area contributed by atoms with E-state index in [1.165, 1.54) is 11.6 Å². The van der Waals surface area contributed by atoms with Crippen LogP contribution in [-0.2, 0) is 6.42 Å². The minimum Gasteiger partial charge on any atom is -0.493 e. The van der Waals surface area contributed by atoms with Gasteiger partial charge in [-0.05, 0) is 37.6 Å². The zero-order valence-corrected chi connectivity index (χ0v) is 13.4. The Balaban J connectivity index is 2.13. The number of rotatable bonds is 3. The van der Waals surface area contributed by atoms with E-state index < -0.39 is 0 Å². The molecule has 3 rings (SSSR count). The summed E-state index contributed by atoms with van der Waals surface area (Å²) in [6, 6.07) is 10.9. The van der Waals surface area contributed by atoms with Crippen molar-refractivity contribution in [2.75, 3.05) is 13.7 Å². The summed E-state index contributed by atoms with van der Waals surface area (Å²) in [7, 11) is 1.84. The number of para-hydroxylation sites is 1. The van der Waals surface area contributed by atoms with Gasteiger partial charge in [0.15, 0.2) is 0 Å². The molecule has 2 nitrogen and oxygen atoms in total. The van der Waals surface area contributed by atoms with Crippen molar-refractivity contribution < 1.29 is 9.13 Å². The molecule has 0 aliphatic carbocycles. The van der Waals surface area contributed by atoms with E-state index >= 15 is 0 Å². The molecule has 1 N–H and O–H groups in total. The van der Waals surface area contributed by atoms with Crippen molar-refractivity contribution in [1.29, 1.82) is 0 Å². The van der Waals surface area contributed by atoms with Crippen molar-refractivity contribution >= 4 is 15.9 Å². The van der Waals surface area contributed by atoms with Crippen molar-refractivity contribution in [3.8, 4) is 5.75 Å². The molecule has 110 valence electrons. The molecule has 0 radical (unpaired) electrons. The van der Waals surface area contributed by atoms with Gasteiger partial charge in [0, 0.05) is 15.6 Å². The molecule has 0 aromatic heterocycles. The van der Waals surface area contributed by atoms with E-state index in [2.05, 4.69) is 27.3 Å². The van der Waals surface area contributed by atoms with Crippen LogP contribution < -0.4 is 10.1 Å². The fourth-order valence-corrected chi connectivity index (χ4v) is 3.45. The maximum absolute atomic E-state index is 14.3. The third-order valence-electron chi connectivity index (χ3n) is 3.85. The standard InChI is InChI=1S/C17H17BrFNO/c1-20-16(15-13(18)8-3-9-14(15)19)12-7-2-5-11-6-4-10-21-17(11)12/h2-3,5,7-9,16,20H,4,6,10H2,1H3. The first-order valence-electron chi connectivity index (χ1n) is 7.08. The molecule has 0 bridgehead atoms. The Bertz CT molecular complexity index is 639. The van der Waals surface area contributed by atoms with Crippen molar-refractivity contribution in [3.63, 3.8) is 0 Å². The Hall–Kier alpha value is -1.39. The van der Waals surface area contributed by atoms with E-state index in [-0.39, 0.29) is 11.9 Å². The van der Waals surface area contributed by atoms with Gasteiger partial charge < -0.3 is 10.1 Å². The van der Waals surface area contributed by atoms with Gasteiger partial charge >= 0.3 is 0 Å². The topological polar surface area (TPSA) is 21.3 Å². The van der Waals surface area contributed by atoms with Gasteiger partial charge in [0.25, 0.3) is 0 Å². The summed E-state index contributed by atoms with van der Waals surface area (Å²) < 4.78 is 20.9. The number of hydrogen-bond acceptors (Lipinski definition) is 2. The molecule has 2 aromatic carbocycles. The molecule has 1 unspecified atom stereocenters. The summed E-state index contributed by atoms with van der Waals surface area (Å²) in [5.41, 5.74) is 2.80. The van der Waals surface area contributed by atoms with Crippen molar-refractivity contribution in [2.24, 2.45) is 0 Å². The van der Waals surface area contributed by atoms with Crippen LogP contribution >= 0.6 is 15.9 Å². The van der Waals surface area contributed by atoms with E-state index in [0.29, 0.717) is 5.56 Å². The summed E-state index contributed by atoms with van der Waals surface area (Å²) in [5.74, 6) is 0.676. The predicted octanol–water partition coefficient (Wildman–Crippen LogP) is 4.22. The van der Waals surface area contributed by atoms with E-state index in [1.54, 1.807) is 6.07 Å². The fourth-order valence-electron chi connectivity index (χ4n) is 2.88. The van der Waals surface area contributed by atoms with Crippen LogP contribution in [-0.4, -0.2) is 13.7 Å². The summed E-state index contributed by atoms with van der Waals surface area (Å²) in [5, 5.41) is 3.22. The molecule has 0 saturated carbocycles. The first-order valence-corrected chi connectivity index (χ1v) is 7.87. The SMILES string of the molecule is CNC(c1cccc2c1OCCC2)c1c(F)cccc1Br. The number of ether oxygens (including phenoxy) is 1. The Morgan fingerprint density at radius 2 is 2.05 bits per heavy atom. The summed E-state index contributed by atoms with van der Waals surface area (Å²) in [6.45, 7) is 0.721. The second kappa shape index (κ2) is 6.16. The highest BCUT2D eigenvalue weighted by atomic mass is 79.9. The van der Waals surface area contributed by atoms with Gasteiger partial charge in [0.1, 0.15) is 11.6 Å². The highest BCUT2D eigenvalue weighted by Crippen LogP contribution is 2.38. The molecule has 1 aliphatic heterocycles. The summed E-state index contributed by atoms with van der Waals surface area (Å²) >= 11 is 3.46. The normalized spacial score (nSPS) is 15.2. The molecule has 2 aromatic rings. The Morgan fingerprint density at radius 3 is 2.81 bits per heavy atom. The molecule has 21 heavy (non-hydrogen) atoms.